The third-order valence-corrected chi connectivity index (χ3v) is 3.21. The van der Waals surface area contributed by atoms with Gasteiger partial charge in [-0.15, -0.1) is 10.2 Å². The number of pyridine rings is 1. The number of hydrogen-bond donors (Lipinski definition) is 1. The number of nitrogens with zero attached hydrogens (tertiary/aromatic N) is 3. The molecular formula is C11H16N4O3S. The van der Waals surface area contributed by atoms with Crippen molar-refractivity contribution >= 4 is 21.6 Å². The third-order valence-electron chi connectivity index (χ3n) is 2.65. The maximum atomic E-state index is 11.3. The van der Waals surface area contributed by atoms with Crippen molar-refractivity contribution in [3.05, 3.63) is 17.7 Å². The molecule has 104 valence electrons. The Balaban J connectivity index is 2.71. The van der Waals surface area contributed by atoms with Crippen LogP contribution in [0.2, 0.25) is 0 Å². The second kappa shape index (κ2) is 4.69. The molecule has 2 heterocycles. The van der Waals surface area contributed by atoms with Crippen molar-refractivity contribution in [2.75, 3.05) is 18.1 Å². The Labute approximate surface area is 111 Å². The molecule has 2 aromatic heterocycles. The summed E-state index contributed by atoms with van der Waals surface area (Å²) in [4.78, 5) is 0. The molecule has 1 N–H and O–H groups in total. The van der Waals surface area contributed by atoms with Gasteiger partial charge >= 0.3 is 0 Å². The molecule has 0 unspecified atom stereocenters. The van der Waals surface area contributed by atoms with Crippen LogP contribution in [0.5, 0.6) is 5.88 Å². The number of methoxy groups -OCH3 is 1. The predicted molar refractivity (Wildman–Crippen MR) is 72.1 cm³/mol. The van der Waals surface area contributed by atoms with Gasteiger partial charge in [-0.3, -0.25) is 4.72 Å². The molecule has 19 heavy (non-hydrogen) atoms. The lowest BCUT2D eigenvalue weighted by Crippen LogP contribution is -2.13. The van der Waals surface area contributed by atoms with Gasteiger partial charge in [0, 0.05) is 5.56 Å². The molecule has 0 atom stereocenters. The van der Waals surface area contributed by atoms with Crippen LogP contribution >= 0.6 is 0 Å². The van der Waals surface area contributed by atoms with E-state index in [9.17, 15) is 8.42 Å². The van der Waals surface area contributed by atoms with Crippen LogP contribution < -0.4 is 9.46 Å². The molecule has 8 heteroatoms. The molecule has 0 aliphatic heterocycles. The molecule has 0 aliphatic rings. The topological polar surface area (TPSA) is 85.6 Å². The van der Waals surface area contributed by atoms with E-state index in [0.29, 0.717) is 11.5 Å². The zero-order valence-electron chi connectivity index (χ0n) is 11.2. The number of sulfonamides is 1. The second-order valence-corrected chi connectivity index (χ2v) is 6.29. The highest BCUT2D eigenvalue weighted by molar-refractivity contribution is 7.91. The van der Waals surface area contributed by atoms with Crippen molar-refractivity contribution in [2.45, 2.75) is 19.8 Å². The van der Waals surface area contributed by atoms with Crippen LogP contribution in [0.1, 0.15) is 25.3 Å². The van der Waals surface area contributed by atoms with Crippen molar-refractivity contribution in [1.29, 1.82) is 0 Å². The van der Waals surface area contributed by atoms with Crippen LogP contribution in [0.15, 0.2) is 12.1 Å². The Hall–Kier alpha value is -1.83. The Kier molecular flexibility index (Phi) is 3.36. The van der Waals surface area contributed by atoms with Crippen molar-refractivity contribution in [3.8, 4) is 5.88 Å². The van der Waals surface area contributed by atoms with Gasteiger partial charge in [0.1, 0.15) is 0 Å². The van der Waals surface area contributed by atoms with Crippen LogP contribution in [0.25, 0.3) is 5.65 Å². The first kappa shape index (κ1) is 13.6. The van der Waals surface area contributed by atoms with E-state index in [0.717, 1.165) is 11.8 Å². The molecule has 0 bridgehead atoms. The first-order valence-corrected chi connectivity index (χ1v) is 7.62. The summed E-state index contributed by atoms with van der Waals surface area (Å²) in [5, 5.41) is 7.91. The minimum absolute atomic E-state index is 0.122. The smallest absolute Gasteiger partial charge is 0.245 e. The minimum atomic E-state index is -3.43. The van der Waals surface area contributed by atoms with Gasteiger partial charge in [0.05, 0.1) is 13.4 Å². The second-order valence-electron chi connectivity index (χ2n) is 4.54. The Morgan fingerprint density at radius 1 is 1.32 bits per heavy atom. The molecule has 0 spiro atoms. The number of aromatic nitrogens is 3. The highest BCUT2D eigenvalue weighted by Crippen LogP contribution is 2.26. The Bertz CT molecular complexity index is 706. The van der Waals surface area contributed by atoms with Gasteiger partial charge in [0.15, 0.2) is 5.65 Å². The van der Waals surface area contributed by atoms with E-state index in [1.165, 1.54) is 7.11 Å². The molecule has 0 saturated carbocycles. The summed E-state index contributed by atoms with van der Waals surface area (Å²) < 4.78 is 31.8. The standard InChI is InChI=1S/C11H16N4O3S/c1-7(2)8-5-6-9(18-3)15-10(8)12-13-11(15)14-19(4,16)17/h5-7H,1-4H3,(H,13,14). The van der Waals surface area contributed by atoms with Crippen molar-refractivity contribution in [2.24, 2.45) is 0 Å². The summed E-state index contributed by atoms with van der Waals surface area (Å²) in [6.45, 7) is 4.06. The van der Waals surface area contributed by atoms with Crippen LogP contribution in [0, 0.1) is 0 Å². The third kappa shape index (κ3) is 2.62. The first-order valence-electron chi connectivity index (χ1n) is 5.73. The highest BCUT2D eigenvalue weighted by atomic mass is 32.2. The summed E-state index contributed by atoms with van der Waals surface area (Å²) in [6, 6.07) is 3.66. The van der Waals surface area contributed by atoms with Gasteiger partial charge in [0.25, 0.3) is 0 Å². The number of ether oxygens (including phenoxy) is 1. The molecular weight excluding hydrogens is 268 g/mol. The van der Waals surface area contributed by atoms with E-state index < -0.39 is 10.0 Å². The lowest BCUT2D eigenvalue weighted by Gasteiger charge is -2.11. The summed E-state index contributed by atoms with van der Waals surface area (Å²) in [7, 11) is -1.92. The minimum Gasteiger partial charge on any atom is -0.482 e. The van der Waals surface area contributed by atoms with E-state index >= 15 is 0 Å². The van der Waals surface area contributed by atoms with Gasteiger partial charge in [0.2, 0.25) is 21.9 Å². The maximum absolute atomic E-state index is 11.3. The van der Waals surface area contributed by atoms with Crippen molar-refractivity contribution < 1.29 is 13.2 Å². The lowest BCUT2D eigenvalue weighted by atomic mass is 10.1. The summed E-state index contributed by atoms with van der Waals surface area (Å²) in [6.07, 6.45) is 1.06. The average molecular weight is 284 g/mol. The SMILES string of the molecule is COc1ccc(C(C)C)c2nnc(NS(C)(=O)=O)n12. The van der Waals surface area contributed by atoms with E-state index in [2.05, 4.69) is 14.9 Å². The quantitative estimate of drug-likeness (QED) is 0.912. The fraction of sp³-hybridized carbons (Fsp3) is 0.455. The van der Waals surface area contributed by atoms with Crippen LogP contribution in [-0.4, -0.2) is 36.4 Å². The first-order chi connectivity index (χ1) is 8.83. The van der Waals surface area contributed by atoms with Gasteiger partial charge in [-0.1, -0.05) is 13.8 Å². The number of hydrogen-bond acceptors (Lipinski definition) is 5. The summed E-state index contributed by atoms with van der Waals surface area (Å²) >= 11 is 0. The van der Waals surface area contributed by atoms with E-state index in [1.807, 2.05) is 19.9 Å². The van der Waals surface area contributed by atoms with Gasteiger partial charge in [-0.2, -0.15) is 0 Å². The summed E-state index contributed by atoms with van der Waals surface area (Å²) in [5.74, 6) is 0.830. The molecule has 0 radical (unpaired) electrons. The fourth-order valence-electron chi connectivity index (χ4n) is 1.83. The number of nitrogens with one attached hydrogen (secondary N) is 1. The molecule has 0 amide bonds. The largest absolute Gasteiger partial charge is 0.482 e. The maximum Gasteiger partial charge on any atom is 0.245 e. The zero-order valence-corrected chi connectivity index (χ0v) is 12.0. The Morgan fingerprint density at radius 3 is 2.53 bits per heavy atom. The van der Waals surface area contributed by atoms with Gasteiger partial charge in [-0.05, 0) is 18.1 Å². The number of rotatable bonds is 4. The molecule has 2 aromatic rings. The molecule has 0 saturated heterocycles. The van der Waals surface area contributed by atoms with E-state index in [4.69, 9.17) is 4.74 Å². The van der Waals surface area contributed by atoms with Crippen molar-refractivity contribution in [3.63, 3.8) is 0 Å². The van der Waals surface area contributed by atoms with Crippen LogP contribution in [0.4, 0.5) is 5.95 Å². The summed E-state index contributed by atoms with van der Waals surface area (Å²) in [5.41, 5.74) is 1.55. The number of anilines is 1. The normalized spacial score (nSPS) is 12.1. The lowest BCUT2D eigenvalue weighted by molar-refractivity contribution is 0.392. The Morgan fingerprint density at radius 2 is 2.00 bits per heavy atom. The molecule has 0 aromatic carbocycles. The average Bonchev–Trinajstić information content (AvgIpc) is 2.69. The van der Waals surface area contributed by atoms with E-state index in [-0.39, 0.29) is 11.9 Å². The highest BCUT2D eigenvalue weighted by Gasteiger charge is 2.17. The number of fused-ring (bicyclic) bond motifs is 1. The fourth-order valence-corrected chi connectivity index (χ4v) is 2.30. The van der Waals surface area contributed by atoms with Gasteiger partial charge < -0.3 is 4.74 Å². The van der Waals surface area contributed by atoms with Crippen molar-refractivity contribution in [1.82, 2.24) is 14.6 Å². The molecule has 0 fully saturated rings. The molecule has 2 rings (SSSR count). The van der Waals surface area contributed by atoms with Gasteiger partial charge in [-0.25, -0.2) is 12.8 Å². The van der Waals surface area contributed by atoms with E-state index in [1.54, 1.807) is 10.5 Å². The predicted octanol–water partition coefficient (Wildman–Crippen LogP) is 1.23. The molecule has 0 aliphatic carbocycles. The van der Waals surface area contributed by atoms with Crippen LogP contribution in [-0.2, 0) is 10.0 Å². The molecule has 7 nitrogen and oxygen atoms in total. The zero-order chi connectivity index (χ0) is 14.2. The van der Waals surface area contributed by atoms with Crippen LogP contribution in [0.3, 0.4) is 0 Å². The monoisotopic (exact) mass is 284 g/mol.